The molecule has 0 radical (unpaired) electrons. The lowest BCUT2D eigenvalue weighted by Gasteiger charge is -2.12. The maximum Gasteiger partial charge on any atom is 0.175 e. The van der Waals surface area contributed by atoms with E-state index >= 15 is 0 Å². The van der Waals surface area contributed by atoms with E-state index in [0.717, 1.165) is 11.9 Å². The van der Waals surface area contributed by atoms with Crippen LogP contribution in [0.15, 0.2) is 47.4 Å². The van der Waals surface area contributed by atoms with Crippen LogP contribution in [-0.4, -0.2) is 14.7 Å². The summed E-state index contributed by atoms with van der Waals surface area (Å²) < 4.78 is 23.6. The Bertz CT molecular complexity index is 811. The van der Waals surface area contributed by atoms with E-state index in [1.807, 2.05) is 0 Å². The molecule has 0 spiro atoms. The fraction of sp³-hybridized carbons (Fsp3) is 0.133. The molecular formula is C15H13ClN2O2S. The Morgan fingerprint density at radius 3 is 2.62 bits per heavy atom. The Morgan fingerprint density at radius 1 is 1.24 bits per heavy atom. The summed E-state index contributed by atoms with van der Waals surface area (Å²) in [5, 5.41) is 12.3. The Balaban J connectivity index is 2.30. The number of benzene rings is 2. The van der Waals surface area contributed by atoms with Crippen LogP contribution in [0.4, 0.5) is 5.69 Å². The second-order valence-corrected chi connectivity index (χ2v) is 6.93. The molecule has 0 fully saturated rings. The van der Waals surface area contributed by atoms with Gasteiger partial charge in [-0.25, -0.2) is 8.42 Å². The minimum atomic E-state index is -3.35. The van der Waals surface area contributed by atoms with Gasteiger partial charge in [-0.1, -0.05) is 23.7 Å². The maximum absolute atomic E-state index is 11.8. The van der Waals surface area contributed by atoms with E-state index in [-0.39, 0.29) is 11.4 Å². The molecule has 0 bridgehead atoms. The summed E-state index contributed by atoms with van der Waals surface area (Å²) in [5.41, 5.74) is 1.78. The smallest absolute Gasteiger partial charge is 0.175 e. The van der Waals surface area contributed by atoms with Gasteiger partial charge in [0.25, 0.3) is 0 Å². The van der Waals surface area contributed by atoms with Crippen molar-refractivity contribution in [2.45, 2.75) is 11.4 Å². The maximum atomic E-state index is 11.8. The highest BCUT2D eigenvalue weighted by molar-refractivity contribution is 7.90. The summed E-state index contributed by atoms with van der Waals surface area (Å²) in [7, 11) is -3.35. The number of hydrogen-bond acceptors (Lipinski definition) is 4. The monoisotopic (exact) mass is 320 g/mol. The van der Waals surface area contributed by atoms with Crippen molar-refractivity contribution in [3.63, 3.8) is 0 Å². The van der Waals surface area contributed by atoms with Gasteiger partial charge in [-0.2, -0.15) is 5.26 Å². The van der Waals surface area contributed by atoms with Gasteiger partial charge in [0.05, 0.1) is 16.5 Å². The van der Waals surface area contributed by atoms with Gasteiger partial charge >= 0.3 is 0 Å². The molecule has 0 saturated carbocycles. The minimum Gasteiger partial charge on any atom is -0.381 e. The van der Waals surface area contributed by atoms with Gasteiger partial charge in [0.1, 0.15) is 0 Å². The lowest BCUT2D eigenvalue weighted by Crippen LogP contribution is -2.07. The highest BCUT2D eigenvalue weighted by Gasteiger charge is 2.15. The zero-order valence-electron chi connectivity index (χ0n) is 11.3. The standard InChI is InChI=1S/C15H13ClN2O2S/c1-21(19,20)15-7-3-6-14(16)13(15)10-18-12-5-2-4-11(8-12)9-17/h2-8,18H,10H2,1H3. The van der Waals surface area contributed by atoms with Crippen LogP contribution in [0, 0.1) is 11.3 Å². The van der Waals surface area contributed by atoms with Crippen LogP contribution < -0.4 is 5.32 Å². The zero-order chi connectivity index (χ0) is 15.5. The van der Waals surface area contributed by atoms with Crippen LogP contribution >= 0.6 is 11.6 Å². The number of sulfone groups is 1. The fourth-order valence-corrected chi connectivity index (χ4v) is 3.20. The van der Waals surface area contributed by atoms with Gasteiger partial charge in [-0.05, 0) is 30.3 Å². The molecule has 0 aromatic heterocycles. The van der Waals surface area contributed by atoms with Crippen LogP contribution in [0.5, 0.6) is 0 Å². The molecule has 2 aromatic rings. The van der Waals surface area contributed by atoms with Gasteiger partial charge in [-0.15, -0.1) is 0 Å². The van der Waals surface area contributed by atoms with Crippen molar-refractivity contribution in [2.24, 2.45) is 0 Å². The molecule has 0 heterocycles. The molecule has 108 valence electrons. The number of rotatable bonds is 4. The Kier molecular flexibility index (Phi) is 4.51. The first-order valence-corrected chi connectivity index (χ1v) is 8.40. The third kappa shape index (κ3) is 3.75. The predicted molar refractivity (Wildman–Crippen MR) is 83.0 cm³/mol. The average Bonchev–Trinajstić information content (AvgIpc) is 2.45. The van der Waals surface area contributed by atoms with Gasteiger partial charge in [0.15, 0.2) is 9.84 Å². The van der Waals surface area contributed by atoms with Crippen molar-refractivity contribution in [2.75, 3.05) is 11.6 Å². The molecule has 6 heteroatoms. The normalized spacial score (nSPS) is 10.9. The van der Waals surface area contributed by atoms with Crippen LogP contribution in [0.3, 0.4) is 0 Å². The topological polar surface area (TPSA) is 70.0 Å². The highest BCUT2D eigenvalue weighted by atomic mass is 35.5. The highest BCUT2D eigenvalue weighted by Crippen LogP contribution is 2.25. The van der Waals surface area contributed by atoms with Gasteiger partial charge in [-0.3, -0.25) is 0 Å². The number of anilines is 1. The molecule has 0 aliphatic rings. The van der Waals surface area contributed by atoms with E-state index in [9.17, 15) is 8.42 Å². The molecule has 1 N–H and O–H groups in total. The molecule has 0 aliphatic heterocycles. The summed E-state index contributed by atoms with van der Waals surface area (Å²) in [4.78, 5) is 0.207. The lowest BCUT2D eigenvalue weighted by molar-refractivity contribution is 0.601. The predicted octanol–water partition coefficient (Wildman–Crippen LogP) is 3.23. The van der Waals surface area contributed by atoms with Crippen LogP contribution in [-0.2, 0) is 16.4 Å². The van der Waals surface area contributed by atoms with Crippen molar-refractivity contribution >= 4 is 27.1 Å². The molecule has 0 aliphatic carbocycles. The molecule has 4 nitrogen and oxygen atoms in total. The average molecular weight is 321 g/mol. The molecule has 0 saturated heterocycles. The molecule has 0 atom stereocenters. The third-order valence-electron chi connectivity index (χ3n) is 2.94. The first-order valence-electron chi connectivity index (χ1n) is 6.13. The largest absolute Gasteiger partial charge is 0.381 e. The van der Waals surface area contributed by atoms with Gasteiger partial charge in [0, 0.05) is 29.1 Å². The fourth-order valence-electron chi connectivity index (χ4n) is 1.95. The van der Waals surface area contributed by atoms with Crippen molar-refractivity contribution in [3.05, 3.63) is 58.6 Å². The van der Waals surface area contributed by atoms with E-state index in [1.165, 1.54) is 6.07 Å². The summed E-state index contributed by atoms with van der Waals surface area (Å²) in [5.74, 6) is 0. The first kappa shape index (κ1) is 15.4. The first-order chi connectivity index (χ1) is 9.91. The van der Waals surface area contributed by atoms with Gasteiger partial charge < -0.3 is 5.32 Å². The van der Waals surface area contributed by atoms with Crippen molar-refractivity contribution in [1.82, 2.24) is 0 Å². The van der Waals surface area contributed by atoms with Gasteiger partial charge in [0.2, 0.25) is 0 Å². The summed E-state index contributed by atoms with van der Waals surface area (Å²) in [6.45, 7) is 0.261. The van der Waals surface area contributed by atoms with Crippen molar-refractivity contribution in [3.8, 4) is 6.07 Å². The molecule has 0 amide bonds. The quantitative estimate of drug-likeness (QED) is 0.939. The van der Waals surface area contributed by atoms with Crippen LogP contribution in [0.1, 0.15) is 11.1 Å². The molecular weight excluding hydrogens is 308 g/mol. The van der Waals surface area contributed by atoms with Crippen molar-refractivity contribution in [1.29, 1.82) is 5.26 Å². The van der Waals surface area contributed by atoms with Crippen molar-refractivity contribution < 1.29 is 8.42 Å². The summed E-state index contributed by atoms with van der Waals surface area (Å²) in [6, 6.07) is 13.8. The third-order valence-corrected chi connectivity index (χ3v) is 4.47. The van der Waals surface area contributed by atoms with Crippen LogP contribution in [0.25, 0.3) is 0 Å². The lowest BCUT2D eigenvalue weighted by atomic mass is 10.2. The summed E-state index contributed by atoms with van der Waals surface area (Å²) >= 11 is 6.10. The Labute approximate surface area is 128 Å². The number of halogens is 1. The summed E-state index contributed by atoms with van der Waals surface area (Å²) in [6.07, 6.45) is 1.15. The van der Waals surface area contributed by atoms with E-state index in [1.54, 1.807) is 36.4 Å². The molecule has 0 unspecified atom stereocenters. The Morgan fingerprint density at radius 2 is 1.95 bits per heavy atom. The molecule has 2 rings (SSSR count). The Hall–Kier alpha value is -2.03. The molecule has 2 aromatic carbocycles. The van der Waals surface area contributed by atoms with E-state index < -0.39 is 9.84 Å². The zero-order valence-corrected chi connectivity index (χ0v) is 12.9. The number of hydrogen-bond donors (Lipinski definition) is 1. The van der Waals surface area contributed by atoms with E-state index in [4.69, 9.17) is 16.9 Å². The SMILES string of the molecule is CS(=O)(=O)c1cccc(Cl)c1CNc1cccc(C#N)c1. The minimum absolute atomic E-state index is 0.207. The second-order valence-electron chi connectivity index (χ2n) is 4.53. The molecule has 21 heavy (non-hydrogen) atoms. The number of nitrogens with one attached hydrogen (secondary N) is 1. The second kappa shape index (κ2) is 6.17. The van der Waals surface area contributed by atoms with Crippen LogP contribution in [0.2, 0.25) is 5.02 Å². The number of nitriles is 1. The van der Waals surface area contributed by atoms with E-state index in [0.29, 0.717) is 16.1 Å². The van der Waals surface area contributed by atoms with E-state index in [2.05, 4.69) is 11.4 Å². The number of nitrogens with zero attached hydrogens (tertiary/aromatic N) is 1.